The van der Waals surface area contributed by atoms with Gasteiger partial charge in [0, 0.05) is 5.56 Å². The lowest BCUT2D eigenvalue weighted by Gasteiger charge is -2.24. The number of aliphatic hydroxyl groups is 1. The van der Waals surface area contributed by atoms with Crippen LogP contribution < -0.4 is 4.74 Å². The summed E-state index contributed by atoms with van der Waals surface area (Å²) in [5.74, 6) is -0.493. The number of furan rings is 1. The Labute approximate surface area is 179 Å². The fourth-order valence-electron chi connectivity index (χ4n) is 3.62. The molecule has 1 aromatic heterocycles. The third-order valence-electron chi connectivity index (χ3n) is 5.06. The van der Waals surface area contributed by atoms with E-state index in [4.69, 9.17) is 9.15 Å². The number of likely N-dealkylation sites (tertiary alicyclic amines) is 1. The number of carbonyl (C=O) groups excluding carboxylic acids is 2. The van der Waals surface area contributed by atoms with Gasteiger partial charge in [0.05, 0.1) is 24.4 Å². The molecule has 156 valence electrons. The number of hydrogen-bond donors (Lipinski definition) is 1. The van der Waals surface area contributed by atoms with Crippen LogP contribution >= 0.6 is 0 Å². The van der Waals surface area contributed by atoms with Gasteiger partial charge in [-0.1, -0.05) is 43.0 Å². The molecule has 0 saturated carbocycles. The van der Waals surface area contributed by atoms with Gasteiger partial charge in [-0.3, -0.25) is 9.59 Å². The van der Waals surface area contributed by atoms with Gasteiger partial charge >= 0.3 is 0 Å². The molecule has 4 rings (SSSR count). The van der Waals surface area contributed by atoms with Gasteiger partial charge in [0.15, 0.2) is 0 Å². The molecule has 31 heavy (non-hydrogen) atoms. The molecule has 1 unspecified atom stereocenters. The molecule has 1 aliphatic rings. The Morgan fingerprint density at radius 3 is 2.45 bits per heavy atom. The summed E-state index contributed by atoms with van der Waals surface area (Å²) in [6.45, 7) is 4.08. The summed E-state index contributed by atoms with van der Waals surface area (Å²) >= 11 is 0. The topological polar surface area (TPSA) is 80.0 Å². The van der Waals surface area contributed by atoms with Crippen LogP contribution in [0.4, 0.5) is 0 Å². The van der Waals surface area contributed by atoms with Gasteiger partial charge < -0.3 is 19.2 Å². The minimum Gasteiger partial charge on any atom is -0.507 e. The zero-order valence-corrected chi connectivity index (χ0v) is 16.7. The lowest BCUT2D eigenvalue weighted by atomic mass is 9.95. The summed E-state index contributed by atoms with van der Waals surface area (Å²) in [6.07, 6.45) is 3.15. The van der Waals surface area contributed by atoms with Gasteiger partial charge in [-0.2, -0.15) is 0 Å². The van der Waals surface area contributed by atoms with Crippen LogP contribution in [0.5, 0.6) is 5.75 Å². The predicted molar refractivity (Wildman–Crippen MR) is 115 cm³/mol. The zero-order chi connectivity index (χ0) is 21.8. The Balaban J connectivity index is 1.77. The molecular formula is C25H21NO5. The van der Waals surface area contributed by atoms with Gasteiger partial charge in [0.2, 0.25) is 0 Å². The fraction of sp³-hybridized carbons (Fsp3) is 0.120. The van der Waals surface area contributed by atoms with Crippen molar-refractivity contribution in [2.24, 2.45) is 0 Å². The first kappa shape index (κ1) is 20.2. The first-order chi connectivity index (χ1) is 15.1. The minimum absolute atomic E-state index is 0.0440. The molecular weight excluding hydrogens is 394 g/mol. The van der Waals surface area contributed by atoms with Gasteiger partial charge in [-0.15, -0.1) is 0 Å². The van der Waals surface area contributed by atoms with E-state index in [1.165, 1.54) is 11.2 Å². The summed E-state index contributed by atoms with van der Waals surface area (Å²) in [6, 6.07) is 18.6. The van der Waals surface area contributed by atoms with Crippen molar-refractivity contribution in [1.29, 1.82) is 0 Å². The Hall–Kier alpha value is -4.06. The van der Waals surface area contributed by atoms with Crippen LogP contribution in [0.3, 0.4) is 0 Å². The fourth-order valence-corrected chi connectivity index (χ4v) is 3.62. The number of Topliss-reactive ketones (excluding diaryl/α,β-unsaturated/α-hetero) is 1. The van der Waals surface area contributed by atoms with Crippen molar-refractivity contribution in [3.05, 3.63) is 108 Å². The molecule has 0 bridgehead atoms. The molecule has 2 heterocycles. The van der Waals surface area contributed by atoms with Crippen LogP contribution in [0.25, 0.3) is 5.76 Å². The molecule has 6 heteroatoms. The smallest absolute Gasteiger partial charge is 0.296 e. The number of aliphatic hydroxyl groups excluding tert-OH is 1. The maximum absolute atomic E-state index is 13.0. The van der Waals surface area contributed by atoms with Crippen molar-refractivity contribution in [2.45, 2.75) is 12.6 Å². The van der Waals surface area contributed by atoms with Crippen molar-refractivity contribution >= 4 is 17.4 Å². The maximum Gasteiger partial charge on any atom is 0.296 e. The van der Waals surface area contributed by atoms with Crippen LogP contribution in [-0.2, 0) is 16.1 Å². The summed E-state index contributed by atoms with van der Waals surface area (Å²) in [7, 11) is 0. The van der Waals surface area contributed by atoms with Gasteiger partial charge in [-0.05, 0) is 42.0 Å². The molecule has 3 aromatic rings. The molecule has 1 amide bonds. The quantitative estimate of drug-likeness (QED) is 0.267. The Bertz CT molecular complexity index is 1110. The molecule has 0 spiro atoms. The third-order valence-corrected chi connectivity index (χ3v) is 5.06. The van der Waals surface area contributed by atoms with Crippen molar-refractivity contribution in [3.63, 3.8) is 0 Å². The number of benzene rings is 2. The van der Waals surface area contributed by atoms with E-state index < -0.39 is 17.7 Å². The molecule has 0 aliphatic carbocycles. The molecule has 1 N–H and O–H groups in total. The van der Waals surface area contributed by atoms with Crippen molar-refractivity contribution in [2.75, 3.05) is 6.61 Å². The Morgan fingerprint density at radius 1 is 1.06 bits per heavy atom. The SMILES string of the molecule is C=CCOc1ccc(/C(O)=C2/C(=O)C(=O)N(Cc3ccco3)C2c2ccccc2)cc1. The molecule has 1 saturated heterocycles. The summed E-state index contributed by atoms with van der Waals surface area (Å²) in [5.41, 5.74) is 1.19. The molecule has 1 atom stereocenters. The highest BCUT2D eigenvalue weighted by atomic mass is 16.5. The second-order valence-electron chi connectivity index (χ2n) is 7.04. The summed E-state index contributed by atoms with van der Waals surface area (Å²) < 4.78 is 10.8. The van der Waals surface area contributed by atoms with E-state index >= 15 is 0 Å². The monoisotopic (exact) mass is 415 g/mol. The van der Waals surface area contributed by atoms with Crippen molar-refractivity contribution in [1.82, 2.24) is 4.90 Å². The molecule has 1 aliphatic heterocycles. The Morgan fingerprint density at radius 2 is 1.81 bits per heavy atom. The van der Waals surface area contributed by atoms with Crippen LogP contribution in [-0.4, -0.2) is 28.3 Å². The van der Waals surface area contributed by atoms with Crippen LogP contribution in [0, 0.1) is 0 Å². The van der Waals surface area contributed by atoms with Crippen LogP contribution in [0.1, 0.15) is 22.9 Å². The predicted octanol–water partition coefficient (Wildman–Crippen LogP) is 4.47. The number of nitrogens with zero attached hydrogens (tertiary/aromatic N) is 1. The molecule has 2 aromatic carbocycles. The maximum atomic E-state index is 13.0. The first-order valence-corrected chi connectivity index (χ1v) is 9.80. The highest BCUT2D eigenvalue weighted by molar-refractivity contribution is 6.46. The second kappa shape index (κ2) is 8.75. The highest BCUT2D eigenvalue weighted by Crippen LogP contribution is 2.40. The van der Waals surface area contributed by atoms with Gasteiger partial charge in [-0.25, -0.2) is 0 Å². The average Bonchev–Trinajstić information content (AvgIpc) is 3.40. The van der Waals surface area contributed by atoms with E-state index in [2.05, 4.69) is 6.58 Å². The van der Waals surface area contributed by atoms with E-state index in [-0.39, 0.29) is 17.9 Å². The summed E-state index contributed by atoms with van der Waals surface area (Å²) in [4.78, 5) is 27.3. The Kier molecular flexibility index (Phi) is 5.71. The van der Waals surface area contributed by atoms with E-state index in [0.29, 0.717) is 23.7 Å². The average molecular weight is 415 g/mol. The third kappa shape index (κ3) is 4.00. The number of hydrogen-bond acceptors (Lipinski definition) is 5. The summed E-state index contributed by atoms with van der Waals surface area (Å²) in [5, 5.41) is 11.1. The minimum atomic E-state index is -0.733. The van der Waals surface area contributed by atoms with E-state index in [1.807, 2.05) is 30.3 Å². The zero-order valence-electron chi connectivity index (χ0n) is 16.7. The highest BCUT2D eigenvalue weighted by Gasteiger charge is 2.46. The number of ketones is 1. The van der Waals surface area contributed by atoms with E-state index in [1.54, 1.807) is 42.5 Å². The molecule has 0 radical (unpaired) electrons. The molecule has 6 nitrogen and oxygen atoms in total. The van der Waals surface area contributed by atoms with Crippen molar-refractivity contribution < 1.29 is 23.8 Å². The van der Waals surface area contributed by atoms with Crippen molar-refractivity contribution in [3.8, 4) is 5.75 Å². The lowest BCUT2D eigenvalue weighted by molar-refractivity contribution is -0.140. The van der Waals surface area contributed by atoms with Crippen LogP contribution in [0.15, 0.2) is 95.6 Å². The standard InChI is InChI=1S/C25H21NO5/c1-2-14-30-19-12-10-18(11-13-19)23(27)21-22(17-7-4-3-5-8-17)26(25(29)24(21)28)16-20-9-6-15-31-20/h2-13,15,22,27H,1,14,16H2/b23-21-. The first-order valence-electron chi connectivity index (χ1n) is 9.80. The largest absolute Gasteiger partial charge is 0.507 e. The second-order valence-corrected chi connectivity index (χ2v) is 7.04. The van der Waals surface area contributed by atoms with E-state index in [0.717, 1.165) is 5.56 Å². The number of amides is 1. The van der Waals surface area contributed by atoms with Gasteiger partial charge in [0.1, 0.15) is 23.9 Å². The number of rotatable bonds is 7. The van der Waals surface area contributed by atoms with Gasteiger partial charge in [0.25, 0.3) is 11.7 Å². The normalized spacial score (nSPS) is 17.7. The van der Waals surface area contributed by atoms with E-state index in [9.17, 15) is 14.7 Å². The number of carbonyl (C=O) groups is 2. The van der Waals surface area contributed by atoms with Crippen LogP contribution in [0.2, 0.25) is 0 Å². The number of ether oxygens (including phenoxy) is 1. The lowest BCUT2D eigenvalue weighted by Crippen LogP contribution is -2.29. The molecule has 1 fully saturated rings.